The molecule has 7 N–H and O–H groups in total. The molecule has 51 heavy (non-hydrogen) atoms. The van der Waals surface area contributed by atoms with Crippen molar-refractivity contribution in [2.75, 3.05) is 82.9 Å². The highest BCUT2D eigenvalue weighted by Gasteiger charge is 2.17. The van der Waals surface area contributed by atoms with Gasteiger partial charge in [0.25, 0.3) is 11.8 Å². The molecule has 2 heterocycles. The summed E-state index contributed by atoms with van der Waals surface area (Å²) in [5, 5.41) is 10.0. The van der Waals surface area contributed by atoms with Crippen LogP contribution in [-0.2, 0) is 35.5 Å². The van der Waals surface area contributed by atoms with Gasteiger partial charge in [-0.15, -0.1) is 5.10 Å². The molecule has 0 saturated carbocycles. The lowest BCUT2D eigenvalue weighted by Crippen LogP contribution is -2.27. The predicted molar refractivity (Wildman–Crippen MR) is 189 cm³/mol. The van der Waals surface area contributed by atoms with Gasteiger partial charge in [0, 0.05) is 18.4 Å². The second-order valence-electron chi connectivity index (χ2n) is 10.4. The van der Waals surface area contributed by atoms with E-state index in [9.17, 15) is 17.6 Å². The first-order chi connectivity index (χ1) is 24.6. The number of carbonyl (C=O) groups excluding carboxylic acids is 1. The Hall–Kier alpha value is -4.44. The third-order valence-electron chi connectivity index (χ3n) is 6.74. The zero-order chi connectivity index (χ0) is 36.6. The summed E-state index contributed by atoms with van der Waals surface area (Å²) in [7, 11) is -2.28. The van der Waals surface area contributed by atoms with Crippen LogP contribution in [0.15, 0.2) is 64.2 Å². The number of rotatable bonds is 23. The maximum Gasteiger partial charge on any atom is 0.256 e. The average molecular weight is 797 g/mol. The van der Waals surface area contributed by atoms with Gasteiger partial charge in [-0.25, -0.2) is 22.5 Å². The zero-order valence-electron chi connectivity index (χ0n) is 27.6. The van der Waals surface area contributed by atoms with Crippen molar-refractivity contribution in [1.82, 2.24) is 24.5 Å². The molecule has 1 amide bonds. The van der Waals surface area contributed by atoms with Crippen LogP contribution in [0.3, 0.4) is 0 Å². The summed E-state index contributed by atoms with van der Waals surface area (Å²) in [5.41, 5.74) is 11.9. The van der Waals surface area contributed by atoms with Crippen LogP contribution in [-0.4, -0.2) is 101 Å². The number of nitrogens with zero attached hydrogens (tertiary/aromatic N) is 4. The molecular weight excluding hydrogens is 757 g/mol. The Morgan fingerprint density at radius 3 is 2.22 bits per heavy atom. The largest absolute Gasteiger partial charge is 0.478 e. The van der Waals surface area contributed by atoms with E-state index in [1.165, 1.54) is 37.6 Å². The van der Waals surface area contributed by atoms with Crippen LogP contribution < -0.4 is 31.6 Å². The molecule has 2 aromatic carbocycles. The van der Waals surface area contributed by atoms with Crippen molar-refractivity contribution in [2.45, 2.75) is 11.4 Å². The number of anilines is 5. The number of methoxy groups -OCH3 is 1. The standard InChI is InChI=1S/C31H39BrFN9O8S/c1-46-30-25(34)20-42(41-30)10-12-48-14-16-50-18-17-49-15-13-47-11-9-37-51(44,45)22-7-5-21(6-8-22)38-31-36-19-23(32)29(40-31)39-26-4-2-3-24(33)27(26)28(35)43/h2-8,19-20,37H,9-18,34H2,1H3,(H2,35,43)(H2,36,38,39,40). The van der Waals surface area contributed by atoms with E-state index < -0.39 is 21.7 Å². The van der Waals surface area contributed by atoms with Crippen LogP contribution in [0.1, 0.15) is 10.4 Å². The highest BCUT2D eigenvalue weighted by Crippen LogP contribution is 2.28. The molecule has 17 nitrogen and oxygen atoms in total. The predicted octanol–water partition coefficient (Wildman–Crippen LogP) is 2.80. The van der Waals surface area contributed by atoms with Crippen molar-refractivity contribution in [1.29, 1.82) is 0 Å². The number of hydrogen-bond donors (Lipinski definition) is 5. The fourth-order valence-corrected chi connectivity index (χ4v) is 5.61. The van der Waals surface area contributed by atoms with E-state index in [1.54, 1.807) is 23.0 Å². The lowest BCUT2D eigenvalue weighted by atomic mass is 10.1. The van der Waals surface area contributed by atoms with Gasteiger partial charge in [0.15, 0.2) is 0 Å². The van der Waals surface area contributed by atoms with Gasteiger partial charge in [-0.05, 0) is 52.3 Å². The summed E-state index contributed by atoms with van der Waals surface area (Å²) in [6.45, 7) is 3.46. The summed E-state index contributed by atoms with van der Waals surface area (Å²) >= 11 is 3.32. The number of primary amides is 1. The van der Waals surface area contributed by atoms with Crippen molar-refractivity contribution in [3.63, 3.8) is 0 Å². The van der Waals surface area contributed by atoms with Crippen molar-refractivity contribution in [3.05, 3.63) is 70.7 Å². The first-order valence-corrected chi connectivity index (χ1v) is 17.8. The molecule has 4 aromatic rings. The number of halogens is 2. The molecule has 0 fully saturated rings. The van der Waals surface area contributed by atoms with Gasteiger partial charge in [0.1, 0.15) is 17.3 Å². The molecule has 0 saturated heterocycles. The van der Waals surface area contributed by atoms with E-state index in [0.717, 1.165) is 6.07 Å². The summed E-state index contributed by atoms with van der Waals surface area (Å²) in [6.07, 6.45) is 3.13. The van der Waals surface area contributed by atoms with Crippen LogP contribution in [0.5, 0.6) is 5.88 Å². The first kappa shape index (κ1) is 39.3. The van der Waals surface area contributed by atoms with E-state index in [0.29, 0.717) is 67.9 Å². The molecule has 0 bridgehead atoms. The summed E-state index contributed by atoms with van der Waals surface area (Å²) in [5.74, 6) is -0.944. The minimum atomic E-state index is -3.79. The molecular formula is C31H39BrFN9O8S. The Kier molecular flexibility index (Phi) is 15.3. The normalized spacial score (nSPS) is 11.4. The molecule has 2 aromatic heterocycles. The lowest BCUT2D eigenvalue weighted by molar-refractivity contribution is -0.00216. The number of amides is 1. The molecule has 0 atom stereocenters. The van der Waals surface area contributed by atoms with Crippen LogP contribution in [0, 0.1) is 5.82 Å². The van der Waals surface area contributed by atoms with Crippen molar-refractivity contribution >= 4 is 60.7 Å². The monoisotopic (exact) mass is 795 g/mol. The summed E-state index contributed by atoms with van der Waals surface area (Å²) in [6, 6.07) is 9.98. The smallest absolute Gasteiger partial charge is 0.256 e. The Morgan fingerprint density at radius 1 is 0.941 bits per heavy atom. The van der Waals surface area contributed by atoms with Gasteiger partial charge in [0.2, 0.25) is 16.0 Å². The van der Waals surface area contributed by atoms with Crippen molar-refractivity contribution < 1.29 is 41.3 Å². The Bertz CT molecular complexity index is 1830. The van der Waals surface area contributed by atoms with Gasteiger partial charge in [0.05, 0.1) is 93.3 Å². The van der Waals surface area contributed by atoms with Crippen molar-refractivity contribution in [2.24, 2.45) is 5.73 Å². The van der Waals surface area contributed by atoms with Crippen molar-refractivity contribution in [3.8, 4) is 5.88 Å². The Labute approximate surface area is 302 Å². The molecule has 0 radical (unpaired) electrons. The average Bonchev–Trinajstić information content (AvgIpc) is 3.47. The number of nitrogen functional groups attached to an aromatic ring is 1. The molecule has 0 unspecified atom stereocenters. The third kappa shape index (κ3) is 12.4. The van der Waals surface area contributed by atoms with E-state index in [4.69, 9.17) is 35.2 Å². The highest BCUT2D eigenvalue weighted by atomic mass is 79.9. The van der Waals surface area contributed by atoms with E-state index >= 15 is 0 Å². The van der Waals surface area contributed by atoms with Gasteiger partial charge in [-0.3, -0.25) is 9.48 Å². The number of nitrogens with one attached hydrogen (secondary N) is 3. The van der Waals surface area contributed by atoms with Gasteiger partial charge >= 0.3 is 0 Å². The third-order valence-corrected chi connectivity index (χ3v) is 8.80. The summed E-state index contributed by atoms with van der Waals surface area (Å²) < 4.78 is 71.1. The lowest BCUT2D eigenvalue weighted by Gasteiger charge is -2.13. The number of ether oxygens (including phenoxy) is 5. The highest BCUT2D eigenvalue weighted by molar-refractivity contribution is 9.10. The maximum absolute atomic E-state index is 14.2. The Morgan fingerprint density at radius 2 is 1.59 bits per heavy atom. The molecule has 20 heteroatoms. The number of aromatic nitrogens is 4. The summed E-state index contributed by atoms with van der Waals surface area (Å²) in [4.78, 5) is 20.3. The SMILES string of the molecule is COc1nn(CCOCCOCCOCCOCCNS(=O)(=O)c2ccc(Nc3ncc(Br)c(Nc4cccc(F)c4C(N)=O)n3)cc2)cc1N. The van der Waals surface area contributed by atoms with Crippen LogP contribution in [0.4, 0.5) is 33.2 Å². The molecule has 276 valence electrons. The first-order valence-electron chi connectivity index (χ1n) is 15.5. The maximum atomic E-state index is 14.2. The molecule has 0 aliphatic heterocycles. The fourth-order valence-electron chi connectivity index (χ4n) is 4.31. The van der Waals surface area contributed by atoms with Gasteiger partial charge in [-0.2, -0.15) is 4.98 Å². The van der Waals surface area contributed by atoms with Crippen LogP contribution >= 0.6 is 15.9 Å². The van der Waals surface area contributed by atoms with Crippen LogP contribution in [0.25, 0.3) is 0 Å². The number of benzene rings is 2. The van der Waals surface area contributed by atoms with E-state index in [1.807, 2.05) is 0 Å². The second-order valence-corrected chi connectivity index (χ2v) is 13.0. The van der Waals surface area contributed by atoms with E-state index in [-0.39, 0.29) is 47.7 Å². The van der Waals surface area contributed by atoms with E-state index in [2.05, 4.69) is 46.4 Å². The topological polar surface area (TPSA) is 229 Å². The fraction of sp³-hybridized carbons (Fsp3) is 0.355. The zero-order valence-corrected chi connectivity index (χ0v) is 30.0. The second kappa shape index (κ2) is 19.8. The molecule has 0 aliphatic rings. The number of hydrogen-bond acceptors (Lipinski definition) is 14. The number of sulfonamides is 1. The number of nitrogens with two attached hydrogens (primary N) is 2. The van der Waals surface area contributed by atoms with Crippen LogP contribution in [0.2, 0.25) is 0 Å². The van der Waals surface area contributed by atoms with Gasteiger partial charge in [-0.1, -0.05) is 6.07 Å². The van der Waals surface area contributed by atoms with Gasteiger partial charge < -0.3 is 45.8 Å². The minimum absolute atomic E-state index is 0.0507. The Balaban J connectivity index is 1.07. The molecule has 0 spiro atoms. The molecule has 0 aliphatic carbocycles. The molecule has 4 rings (SSSR count). The quantitative estimate of drug-likeness (QED) is 0.0681. The minimum Gasteiger partial charge on any atom is -0.478 e. The number of carbonyl (C=O) groups is 1.